The first-order chi connectivity index (χ1) is 9.78. The van der Waals surface area contributed by atoms with E-state index in [0.717, 1.165) is 15.6 Å². The van der Waals surface area contributed by atoms with Gasteiger partial charge in [0.25, 0.3) is 0 Å². The second-order valence-corrected chi connectivity index (χ2v) is 6.05. The standard InChI is InChI=1S/C15H16FNO2S/c16-11-3-1-2-4-12(11)19-8-7-14-17-15(10-5-6-10)13(9-18)20-14/h1-4,10,18H,5-9H2. The van der Waals surface area contributed by atoms with Crippen molar-refractivity contribution in [2.75, 3.05) is 6.61 Å². The van der Waals surface area contributed by atoms with E-state index in [1.54, 1.807) is 18.2 Å². The van der Waals surface area contributed by atoms with Crippen molar-refractivity contribution in [2.24, 2.45) is 0 Å². The highest BCUT2D eigenvalue weighted by Gasteiger charge is 2.29. The first kappa shape index (κ1) is 13.5. The smallest absolute Gasteiger partial charge is 0.165 e. The van der Waals surface area contributed by atoms with Crippen LogP contribution in [-0.4, -0.2) is 16.7 Å². The van der Waals surface area contributed by atoms with Gasteiger partial charge in [0, 0.05) is 12.3 Å². The average Bonchev–Trinajstić information content (AvgIpc) is 3.22. The fraction of sp³-hybridized carbons (Fsp3) is 0.400. The van der Waals surface area contributed by atoms with Gasteiger partial charge in [0.05, 0.1) is 28.8 Å². The highest BCUT2D eigenvalue weighted by atomic mass is 32.1. The molecule has 1 fully saturated rings. The molecule has 0 amide bonds. The van der Waals surface area contributed by atoms with Gasteiger partial charge in [-0.15, -0.1) is 11.3 Å². The van der Waals surface area contributed by atoms with Crippen LogP contribution in [0, 0.1) is 5.82 Å². The summed E-state index contributed by atoms with van der Waals surface area (Å²) >= 11 is 1.53. The number of aromatic nitrogens is 1. The molecule has 0 aliphatic heterocycles. The number of halogens is 1. The summed E-state index contributed by atoms with van der Waals surface area (Å²) in [5.74, 6) is 0.463. The predicted octanol–water partition coefficient (Wildman–Crippen LogP) is 3.27. The minimum Gasteiger partial charge on any atom is -0.490 e. The molecular formula is C15H16FNO2S. The minimum atomic E-state index is -0.346. The molecular weight excluding hydrogens is 277 g/mol. The molecule has 1 aromatic carbocycles. The zero-order valence-electron chi connectivity index (χ0n) is 11.0. The van der Waals surface area contributed by atoms with E-state index < -0.39 is 0 Å². The van der Waals surface area contributed by atoms with E-state index in [4.69, 9.17) is 4.74 Å². The number of aliphatic hydroxyl groups excluding tert-OH is 1. The Morgan fingerprint density at radius 1 is 1.35 bits per heavy atom. The lowest BCUT2D eigenvalue weighted by Crippen LogP contribution is -2.02. The molecule has 106 valence electrons. The Balaban J connectivity index is 1.60. The minimum absolute atomic E-state index is 0.0532. The Bertz CT molecular complexity index is 595. The largest absolute Gasteiger partial charge is 0.490 e. The van der Waals surface area contributed by atoms with E-state index in [9.17, 15) is 9.50 Å². The van der Waals surface area contributed by atoms with Crippen molar-refractivity contribution in [3.8, 4) is 5.75 Å². The predicted molar refractivity (Wildman–Crippen MR) is 75.6 cm³/mol. The van der Waals surface area contributed by atoms with Crippen molar-refractivity contribution >= 4 is 11.3 Å². The summed E-state index contributed by atoms with van der Waals surface area (Å²) in [6, 6.07) is 6.38. The van der Waals surface area contributed by atoms with Crippen molar-refractivity contribution in [1.82, 2.24) is 4.98 Å². The van der Waals surface area contributed by atoms with Gasteiger partial charge in [-0.2, -0.15) is 0 Å². The van der Waals surface area contributed by atoms with Crippen molar-refractivity contribution in [1.29, 1.82) is 0 Å². The molecule has 3 nitrogen and oxygen atoms in total. The van der Waals surface area contributed by atoms with E-state index in [1.807, 2.05) is 0 Å². The molecule has 0 saturated heterocycles. The number of aliphatic hydroxyl groups is 1. The Morgan fingerprint density at radius 2 is 2.15 bits per heavy atom. The fourth-order valence-corrected chi connectivity index (χ4v) is 3.12. The molecule has 0 bridgehead atoms. The third-order valence-corrected chi connectivity index (χ3v) is 4.41. The van der Waals surface area contributed by atoms with Crippen LogP contribution in [0.2, 0.25) is 0 Å². The third kappa shape index (κ3) is 2.99. The zero-order chi connectivity index (χ0) is 13.9. The van der Waals surface area contributed by atoms with Gasteiger partial charge in [0.2, 0.25) is 0 Å². The number of ether oxygens (including phenoxy) is 1. The molecule has 1 aromatic heterocycles. The summed E-state index contributed by atoms with van der Waals surface area (Å²) < 4.78 is 18.8. The number of hydrogen-bond donors (Lipinski definition) is 1. The van der Waals surface area contributed by atoms with Gasteiger partial charge >= 0.3 is 0 Å². The molecule has 0 spiro atoms. The van der Waals surface area contributed by atoms with Crippen LogP contribution in [0.25, 0.3) is 0 Å². The first-order valence-electron chi connectivity index (χ1n) is 6.74. The Kier molecular flexibility index (Phi) is 3.98. The summed E-state index contributed by atoms with van der Waals surface area (Å²) in [5, 5.41) is 10.3. The average molecular weight is 293 g/mol. The van der Waals surface area contributed by atoms with Crippen LogP contribution in [-0.2, 0) is 13.0 Å². The van der Waals surface area contributed by atoms with Gasteiger partial charge in [-0.3, -0.25) is 0 Å². The van der Waals surface area contributed by atoms with Gasteiger partial charge in [-0.25, -0.2) is 9.37 Å². The molecule has 2 aromatic rings. The van der Waals surface area contributed by atoms with E-state index in [0.29, 0.717) is 18.9 Å². The molecule has 0 radical (unpaired) electrons. The van der Waals surface area contributed by atoms with Crippen molar-refractivity contribution in [3.63, 3.8) is 0 Å². The monoisotopic (exact) mass is 293 g/mol. The second-order valence-electron chi connectivity index (χ2n) is 4.88. The lowest BCUT2D eigenvalue weighted by molar-refractivity contribution is 0.284. The quantitative estimate of drug-likeness (QED) is 0.889. The number of benzene rings is 1. The van der Waals surface area contributed by atoms with Gasteiger partial charge in [-0.05, 0) is 25.0 Å². The molecule has 1 aliphatic rings. The van der Waals surface area contributed by atoms with E-state index in [1.165, 1.54) is 30.2 Å². The Labute approximate surface area is 121 Å². The number of nitrogens with zero attached hydrogens (tertiary/aromatic N) is 1. The zero-order valence-corrected chi connectivity index (χ0v) is 11.8. The lowest BCUT2D eigenvalue weighted by Gasteiger charge is -2.05. The molecule has 1 aliphatic carbocycles. The number of para-hydroxylation sites is 1. The maximum atomic E-state index is 13.4. The van der Waals surface area contributed by atoms with Crippen molar-refractivity contribution < 1.29 is 14.2 Å². The molecule has 0 unspecified atom stereocenters. The van der Waals surface area contributed by atoms with Crippen LogP contribution in [0.15, 0.2) is 24.3 Å². The number of rotatable bonds is 6. The summed E-state index contributed by atoms with van der Waals surface area (Å²) in [4.78, 5) is 5.55. The van der Waals surface area contributed by atoms with E-state index in [2.05, 4.69) is 4.98 Å². The normalized spacial score (nSPS) is 14.5. The topological polar surface area (TPSA) is 42.4 Å². The van der Waals surface area contributed by atoms with E-state index in [-0.39, 0.29) is 18.2 Å². The van der Waals surface area contributed by atoms with Crippen LogP contribution < -0.4 is 4.74 Å². The second kappa shape index (κ2) is 5.89. The van der Waals surface area contributed by atoms with Crippen LogP contribution in [0.1, 0.15) is 34.3 Å². The van der Waals surface area contributed by atoms with Gasteiger partial charge in [-0.1, -0.05) is 12.1 Å². The highest BCUT2D eigenvalue weighted by Crippen LogP contribution is 2.42. The summed E-state index contributed by atoms with van der Waals surface area (Å²) in [6.45, 7) is 0.446. The maximum Gasteiger partial charge on any atom is 0.165 e. The molecule has 3 rings (SSSR count). The lowest BCUT2D eigenvalue weighted by atomic mass is 10.2. The molecule has 1 saturated carbocycles. The van der Waals surface area contributed by atoms with Crippen LogP contribution in [0.5, 0.6) is 5.75 Å². The molecule has 0 atom stereocenters. The molecule has 1 N–H and O–H groups in total. The van der Waals surface area contributed by atoms with Crippen LogP contribution in [0.4, 0.5) is 4.39 Å². The Morgan fingerprint density at radius 3 is 2.85 bits per heavy atom. The van der Waals surface area contributed by atoms with Gasteiger partial charge in [0.1, 0.15) is 0 Å². The molecule has 1 heterocycles. The first-order valence-corrected chi connectivity index (χ1v) is 7.56. The van der Waals surface area contributed by atoms with Crippen molar-refractivity contribution in [2.45, 2.75) is 31.8 Å². The summed E-state index contributed by atoms with van der Waals surface area (Å²) in [7, 11) is 0. The maximum absolute atomic E-state index is 13.4. The highest BCUT2D eigenvalue weighted by molar-refractivity contribution is 7.11. The SMILES string of the molecule is OCc1sc(CCOc2ccccc2F)nc1C1CC1. The van der Waals surface area contributed by atoms with Gasteiger partial charge < -0.3 is 9.84 Å². The summed E-state index contributed by atoms with van der Waals surface area (Å²) in [6.07, 6.45) is 2.97. The van der Waals surface area contributed by atoms with Crippen molar-refractivity contribution in [3.05, 3.63) is 45.7 Å². The molecule has 20 heavy (non-hydrogen) atoms. The van der Waals surface area contributed by atoms with E-state index >= 15 is 0 Å². The van der Waals surface area contributed by atoms with Crippen LogP contribution >= 0.6 is 11.3 Å². The summed E-state index contributed by atoms with van der Waals surface area (Å²) in [5.41, 5.74) is 1.05. The Hall–Kier alpha value is -1.46. The number of thiazole rings is 1. The fourth-order valence-electron chi connectivity index (χ4n) is 2.12. The number of hydrogen-bond acceptors (Lipinski definition) is 4. The molecule has 5 heteroatoms. The third-order valence-electron chi connectivity index (χ3n) is 3.29. The van der Waals surface area contributed by atoms with Gasteiger partial charge in [0.15, 0.2) is 11.6 Å². The van der Waals surface area contributed by atoms with Crippen LogP contribution in [0.3, 0.4) is 0 Å².